The molecule has 3 nitrogen and oxygen atoms in total. The van der Waals surface area contributed by atoms with Crippen LogP contribution >= 0.6 is 0 Å². The Bertz CT molecular complexity index is 480. The molecule has 2 rings (SSSR count). The summed E-state index contributed by atoms with van der Waals surface area (Å²) in [5.41, 5.74) is -0.684. The summed E-state index contributed by atoms with van der Waals surface area (Å²) in [5.74, 6) is -0.328. The number of carbonyl (C=O) groups is 1. The van der Waals surface area contributed by atoms with Crippen molar-refractivity contribution in [3.8, 4) is 0 Å². The van der Waals surface area contributed by atoms with Crippen LogP contribution in [0.5, 0.6) is 0 Å². The van der Waals surface area contributed by atoms with Gasteiger partial charge in [-0.15, -0.1) is 0 Å². The van der Waals surface area contributed by atoms with Crippen molar-refractivity contribution >= 4 is 5.91 Å². The summed E-state index contributed by atoms with van der Waals surface area (Å²) in [5, 5.41) is 3.15. The molecule has 1 N–H and O–H groups in total. The Labute approximate surface area is 115 Å². The van der Waals surface area contributed by atoms with Crippen LogP contribution in [0.2, 0.25) is 0 Å². The van der Waals surface area contributed by atoms with Crippen LogP contribution < -0.4 is 5.32 Å². The molecule has 1 fully saturated rings. The molecule has 20 heavy (non-hydrogen) atoms. The Morgan fingerprint density at radius 2 is 1.95 bits per heavy atom. The average Bonchev–Trinajstić information content (AvgIpc) is 2.46. The number of likely N-dealkylation sites (tertiary alicyclic amines) is 1. The number of amides is 1. The number of carbonyl (C=O) groups excluding carboxylic acids is 1. The summed E-state index contributed by atoms with van der Waals surface area (Å²) in [6.45, 7) is 1.14. The van der Waals surface area contributed by atoms with Gasteiger partial charge in [0.2, 0.25) is 0 Å². The molecule has 0 bridgehead atoms. The maximum absolute atomic E-state index is 12.6. The zero-order chi connectivity index (χ0) is 14.8. The van der Waals surface area contributed by atoms with Crippen molar-refractivity contribution in [1.29, 1.82) is 0 Å². The molecule has 0 saturated carbocycles. The SMILES string of the molecule is CNC1CCN(C(=O)c2cccc(C(F)(F)F)c2)CC1. The van der Waals surface area contributed by atoms with Gasteiger partial charge in [-0.2, -0.15) is 13.2 Å². The predicted molar refractivity (Wildman–Crippen MR) is 69.4 cm³/mol. The molecule has 0 spiro atoms. The Morgan fingerprint density at radius 1 is 1.30 bits per heavy atom. The second-order valence-corrected chi connectivity index (χ2v) is 4.93. The van der Waals surface area contributed by atoms with Gasteiger partial charge in [0.15, 0.2) is 0 Å². The number of hydrogen-bond acceptors (Lipinski definition) is 2. The molecule has 0 aromatic heterocycles. The number of rotatable bonds is 2. The van der Waals surface area contributed by atoms with E-state index in [1.54, 1.807) is 4.90 Å². The Hall–Kier alpha value is -1.56. The van der Waals surface area contributed by atoms with Crippen LogP contribution in [0.1, 0.15) is 28.8 Å². The van der Waals surface area contributed by atoms with Gasteiger partial charge in [0.1, 0.15) is 0 Å². The number of hydrogen-bond donors (Lipinski definition) is 1. The summed E-state index contributed by atoms with van der Waals surface area (Å²) in [4.78, 5) is 13.8. The number of piperidine rings is 1. The van der Waals surface area contributed by atoms with Crippen molar-refractivity contribution in [3.05, 3.63) is 35.4 Å². The molecule has 0 radical (unpaired) electrons. The van der Waals surface area contributed by atoms with Gasteiger partial charge in [-0.1, -0.05) is 6.07 Å². The van der Waals surface area contributed by atoms with Crippen molar-refractivity contribution in [2.45, 2.75) is 25.1 Å². The van der Waals surface area contributed by atoms with Gasteiger partial charge in [0.25, 0.3) is 5.91 Å². The van der Waals surface area contributed by atoms with E-state index in [0.717, 1.165) is 25.0 Å². The van der Waals surface area contributed by atoms with Crippen LogP contribution in [0.15, 0.2) is 24.3 Å². The Morgan fingerprint density at radius 3 is 2.50 bits per heavy atom. The fourth-order valence-corrected chi connectivity index (χ4v) is 2.38. The molecular weight excluding hydrogens is 269 g/mol. The lowest BCUT2D eigenvalue weighted by molar-refractivity contribution is -0.137. The van der Waals surface area contributed by atoms with Gasteiger partial charge in [-0.25, -0.2) is 0 Å². The van der Waals surface area contributed by atoms with Gasteiger partial charge in [0, 0.05) is 24.7 Å². The highest BCUT2D eigenvalue weighted by molar-refractivity contribution is 5.94. The molecule has 0 atom stereocenters. The molecule has 0 unspecified atom stereocenters. The number of benzene rings is 1. The van der Waals surface area contributed by atoms with Crippen LogP contribution in [0.3, 0.4) is 0 Å². The predicted octanol–water partition coefficient (Wildman–Crippen LogP) is 2.53. The highest BCUT2D eigenvalue weighted by Crippen LogP contribution is 2.29. The second-order valence-electron chi connectivity index (χ2n) is 4.93. The van der Waals surface area contributed by atoms with Gasteiger partial charge < -0.3 is 10.2 Å². The first-order chi connectivity index (χ1) is 9.41. The third kappa shape index (κ3) is 3.30. The average molecular weight is 286 g/mol. The molecule has 110 valence electrons. The van der Waals surface area contributed by atoms with E-state index in [1.807, 2.05) is 7.05 Å². The minimum atomic E-state index is -4.42. The first-order valence-electron chi connectivity index (χ1n) is 6.55. The molecule has 0 aliphatic carbocycles. The third-order valence-electron chi connectivity index (χ3n) is 3.63. The van der Waals surface area contributed by atoms with Gasteiger partial charge in [-0.05, 0) is 38.1 Å². The quantitative estimate of drug-likeness (QED) is 0.906. The van der Waals surface area contributed by atoms with E-state index in [9.17, 15) is 18.0 Å². The zero-order valence-corrected chi connectivity index (χ0v) is 11.2. The lowest BCUT2D eigenvalue weighted by atomic mass is 10.0. The molecule has 1 aliphatic rings. The van der Waals surface area contributed by atoms with Crippen molar-refractivity contribution in [2.75, 3.05) is 20.1 Å². The second kappa shape index (κ2) is 5.83. The summed E-state index contributed by atoms with van der Waals surface area (Å²) < 4.78 is 37.9. The van der Waals surface area contributed by atoms with E-state index in [4.69, 9.17) is 0 Å². The minimum absolute atomic E-state index is 0.0998. The number of halogens is 3. The summed E-state index contributed by atoms with van der Waals surface area (Å²) >= 11 is 0. The monoisotopic (exact) mass is 286 g/mol. The molecule has 1 aliphatic heterocycles. The number of alkyl halides is 3. The highest BCUT2D eigenvalue weighted by atomic mass is 19.4. The fraction of sp³-hybridized carbons (Fsp3) is 0.500. The maximum atomic E-state index is 12.6. The first-order valence-corrected chi connectivity index (χ1v) is 6.55. The van der Waals surface area contributed by atoms with Crippen molar-refractivity contribution < 1.29 is 18.0 Å². The van der Waals surface area contributed by atoms with Crippen LogP contribution in [0.25, 0.3) is 0 Å². The molecule has 1 heterocycles. The smallest absolute Gasteiger partial charge is 0.339 e. The molecule has 1 saturated heterocycles. The van der Waals surface area contributed by atoms with Crippen LogP contribution in [0.4, 0.5) is 13.2 Å². The Kier molecular flexibility index (Phi) is 4.32. The summed E-state index contributed by atoms with van der Waals surface area (Å²) in [6, 6.07) is 4.98. The van der Waals surface area contributed by atoms with Gasteiger partial charge in [-0.3, -0.25) is 4.79 Å². The third-order valence-corrected chi connectivity index (χ3v) is 3.63. The largest absolute Gasteiger partial charge is 0.416 e. The van der Waals surface area contributed by atoms with E-state index in [1.165, 1.54) is 12.1 Å². The lowest BCUT2D eigenvalue weighted by Crippen LogP contribution is -2.44. The zero-order valence-electron chi connectivity index (χ0n) is 11.2. The van der Waals surface area contributed by atoms with E-state index < -0.39 is 11.7 Å². The van der Waals surface area contributed by atoms with E-state index in [2.05, 4.69) is 5.32 Å². The first kappa shape index (κ1) is 14.8. The lowest BCUT2D eigenvalue weighted by Gasteiger charge is -2.32. The Balaban J connectivity index is 2.10. The number of nitrogens with one attached hydrogen (secondary N) is 1. The maximum Gasteiger partial charge on any atom is 0.416 e. The normalized spacial score (nSPS) is 17.3. The summed E-state index contributed by atoms with van der Waals surface area (Å²) in [7, 11) is 1.87. The highest BCUT2D eigenvalue weighted by Gasteiger charge is 2.31. The van der Waals surface area contributed by atoms with E-state index in [-0.39, 0.29) is 11.5 Å². The molecular formula is C14H17F3N2O. The summed E-state index contributed by atoms with van der Waals surface area (Å²) in [6.07, 6.45) is -2.78. The van der Waals surface area contributed by atoms with E-state index in [0.29, 0.717) is 19.1 Å². The van der Waals surface area contributed by atoms with E-state index >= 15 is 0 Å². The van der Waals surface area contributed by atoms with Crippen molar-refractivity contribution in [1.82, 2.24) is 10.2 Å². The van der Waals surface area contributed by atoms with Gasteiger partial charge >= 0.3 is 6.18 Å². The van der Waals surface area contributed by atoms with Crippen LogP contribution in [-0.2, 0) is 6.18 Å². The van der Waals surface area contributed by atoms with Gasteiger partial charge in [0.05, 0.1) is 5.56 Å². The molecule has 6 heteroatoms. The van der Waals surface area contributed by atoms with Crippen molar-refractivity contribution in [2.24, 2.45) is 0 Å². The standard InChI is InChI=1S/C14H17F3N2O/c1-18-12-5-7-19(8-6-12)13(20)10-3-2-4-11(9-10)14(15,16)17/h2-4,9,12,18H,5-8H2,1H3. The van der Waals surface area contributed by atoms with Crippen LogP contribution in [0, 0.1) is 0 Å². The number of nitrogens with zero attached hydrogens (tertiary/aromatic N) is 1. The fourth-order valence-electron chi connectivity index (χ4n) is 2.38. The molecule has 1 aromatic rings. The van der Waals surface area contributed by atoms with Crippen LogP contribution in [-0.4, -0.2) is 37.0 Å². The minimum Gasteiger partial charge on any atom is -0.339 e. The topological polar surface area (TPSA) is 32.3 Å². The molecule has 1 amide bonds. The molecule has 1 aromatic carbocycles. The van der Waals surface area contributed by atoms with Crippen molar-refractivity contribution in [3.63, 3.8) is 0 Å².